The minimum atomic E-state index is -2.90. The maximum atomic E-state index is 8.96. The first kappa shape index (κ1) is 20.7. The van der Waals surface area contributed by atoms with Crippen molar-refractivity contribution in [2.24, 2.45) is 5.92 Å². The summed E-state index contributed by atoms with van der Waals surface area (Å²) in [6, 6.07) is 0.580. The number of ether oxygens (including phenoxy) is 1. The number of aliphatic hydroxyl groups is 2. The number of hydrogen-bond acceptors (Lipinski definition) is 6. The minimum Gasteiger partial charge on any atom is -0.394 e. The molecule has 0 saturated carbocycles. The standard InChI is InChI=1S/C14H30O6Si/c1-5-18-21(19-8-6-15,20-9-7-16)12-14(4)11-17-10-13(2)3/h14-16H,2,5-12H2,1,3-4H3. The normalized spacial score (nSPS) is 13.4. The van der Waals surface area contributed by atoms with Crippen LogP contribution in [0.2, 0.25) is 6.04 Å². The molecule has 0 aliphatic rings. The fourth-order valence-electron chi connectivity index (χ4n) is 1.84. The zero-order valence-electron chi connectivity index (χ0n) is 13.5. The number of hydrogen-bond donors (Lipinski definition) is 2. The van der Waals surface area contributed by atoms with Gasteiger partial charge in [-0.1, -0.05) is 19.1 Å². The lowest BCUT2D eigenvalue weighted by Gasteiger charge is -2.31. The number of aliphatic hydroxyl groups excluding tert-OH is 2. The van der Waals surface area contributed by atoms with Gasteiger partial charge in [-0.05, 0) is 19.8 Å². The van der Waals surface area contributed by atoms with Crippen LogP contribution in [0.15, 0.2) is 12.2 Å². The fraction of sp³-hybridized carbons (Fsp3) is 0.857. The van der Waals surface area contributed by atoms with Crippen molar-refractivity contribution >= 4 is 8.80 Å². The average Bonchev–Trinajstić information content (AvgIpc) is 2.42. The van der Waals surface area contributed by atoms with Crippen LogP contribution in [0.25, 0.3) is 0 Å². The molecule has 0 aromatic heterocycles. The van der Waals surface area contributed by atoms with E-state index in [2.05, 4.69) is 6.58 Å². The van der Waals surface area contributed by atoms with Gasteiger partial charge in [0.25, 0.3) is 0 Å². The smallest absolute Gasteiger partial charge is 0.394 e. The van der Waals surface area contributed by atoms with Gasteiger partial charge in [-0.25, -0.2) is 0 Å². The van der Waals surface area contributed by atoms with Crippen molar-refractivity contribution < 1.29 is 28.2 Å². The second kappa shape index (κ2) is 12.3. The van der Waals surface area contributed by atoms with Crippen LogP contribution in [0.5, 0.6) is 0 Å². The van der Waals surface area contributed by atoms with Crippen molar-refractivity contribution in [2.45, 2.75) is 26.8 Å². The molecule has 0 heterocycles. The SMILES string of the molecule is C=C(C)COCC(C)C[Si](OCC)(OCCO)OCCO. The Bertz CT molecular complexity index is 266. The second-order valence-corrected chi connectivity index (χ2v) is 7.68. The Balaban J connectivity index is 4.54. The van der Waals surface area contributed by atoms with Gasteiger partial charge in [0.05, 0.1) is 33.0 Å². The molecule has 0 rings (SSSR count). The van der Waals surface area contributed by atoms with Crippen LogP contribution in [0, 0.1) is 5.92 Å². The molecule has 7 heteroatoms. The van der Waals surface area contributed by atoms with E-state index < -0.39 is 8.80 Å². The third kappa shape index (κ3) is 10.1. The molecule has 0 bridgehead atoms. The van der Waals surface area contributed by atoms with E-state index in [1.165, 1.54) is 0 Å². The highest BCUT2D eigenvalue weighted by Gasteiger charge is 2.42. The van der Waals surface area contributed by atoms with E-state index in [4.69, 9.17) is 28.2 Å². The molecule has 0 amide bonds. The van der Waals surface area contributed by atoms with Gasteiger partial charge in [-0.3, -0.25) is 0 Å². The van der Waals surface area contributed by atoms with Crippen LogP contribution in [-0.4, -0.2) is 65.3 Å². The van der Waals surface area contributed by atoms with Crippen LogP contribution < -0.4 is 0 Å². The van der Waals surface area contributed by atoms with Crippen molar-refractivity contribution in [3.63, 3.8) is 0 Å². The molecule has 1 unspecified atom stereocenters. The molecule has 2 N–H and O–H groups in total. The van der Waals surface area contributed by atoms with Crippen LogP contribution in [0.1, 0.15) is 20.8 Å². The Hall–Kier alpha value is -0.283. The summed E-state index contributed by atoms with van der Waals surface area (Å²) in [6.07, 6.45) is 0. The van der Waals surface area contributed by atoms with Crippen LogP contribution in [0.3, 0.4) is 0 Å². The Morgan fingerprint density at radius 2 is 1.71 bits per heavy atom. The second-order valence-electron chi connectivity index (χ2n) is 5.04. The molecule has 1 atom stereocenters. The van der Waals surface area contributed by atoms with Gasteiger partial charge in [0.2, 0.25) is 0 Å². The lowest BCUT2D eigenvalue weighted by atomic mass is 10.2. The van der Waals surface area contributed by atoms with E-state index in [1.54, 1.807) is 0 Å². The molecule has 0 radical (unpaired) electrons. The lowest BCUT2D eigenvalue weighted by Crippen LogP contribution is -2.48. The van der Waals surface area contributed by atoms with Crippen LogP contribution >= 0.6 is 0 Å². The highest BCUT2D eigenvalue weighted by atomic mass is 28.4. The molecule has 0 saturated heterocycles. The Morgan fingerprint density at radius 3 is 2.14 bits per heavy atom. The molecular weight excluding hydrogens is 292 g/mol. The van der Waals surface area contributed by atoms with E-state index >= 15 is 0 Å². The molecular formula is C14H30O6Si. The summed E-state index contributed by atoms with van der Waals surface area (Å²) in [5, 5.41) is 17.9. The molecule has 0 spiro atoms. The van der Waals surface area contributed by atoms with Gasteiger partial charge in [0, 0.05) is 19.3 Å². The van der Waals surface area contributed by atoms with Gasteiger partial charge in [0.15, 0.2) is 0 Å². The molecule has 0 fully saturated rings. The summed E-state index contributed by atoms with van der Waals surface area (Å²) in [6.45, 7) is 11.3. The summed E-state index contributed by atoms with van der Waals surface area (Å²) < 4.78 is 22.6. The highest BCUT2D eigenvalue weighted by molar-refractivity contribution is 6.60. The van der Waals surface area contributed by atoms with Gasteiger partial charge < -0.3 is 28.2 Å². The highest BCUT2D eigenvalue weighted by Crippen LogP contribution is 2.22. The predicted octanol–water partition coefficient (Wildman–Crippen LogP) is 1.21. The summed E-state index contributed by atoms with van der Waals surface area (Å²) in [5.74, 6) is 0.181. The monoisotopic (exact) mass is 322 g/mol. The van der Waals surface area contributed by atoms with E-state index in [9.17, 15) is 0 Å². The quantitative estimate of drug-likeness (QED) is 0.370. The van der Waals surface area contributed by atoms with Crippen LogP contribution in [0.4, 0.5) is 0 Å². The van der Waals surface area contributed by atoms with Gasteiger partial charge >= 0.3 is 8.80 Å². The Morgan fingerprint density at radius 1 is 1.14 bits per heavy atom. The average molecular weight is 322 g/mol. The lowest BCUT2D eigenvalue weighted by molar-refractivity contribution is 0.0321. The van der Waals surface area contributed by atoms with Gasteiger partial charge in [-0.2, -0.15) is 0 Å². The summed E-state index contributed by atoms with van der Waals surface area (Å²) >= 11 is 0. The molecule has 126 valence electrons. The van der Waals surface area contributed by atoms with Crippen molar-refractivity contribution in [1.29, 1.82) is 0 Å². The van der Waals surface area contributed by atoms with Crippen molar-refractivity contribution in [3.05, 3.63) is 12.2 Å². The molecule has 0 aromatic carbocycles. The maximum absolute atomic E-state index is 8.96. The molecule has 0 aliphatic carbocycles. The topological polar surface area (TPSA) is 77.4 Å². The van der Waals surface area contributed by atoms with E-state index in [0.29, 0.717) is 25.9 Å². The van der Waals surface area contributed by atoms with Crippen molar-refractivity contribution in [2.75, 3.05) is 46.2 Å². The zero-order valence-corrected chi connectivity index (χ0v) is 14.5. The largest absolute Gasteiger partial charge is 0.501 e. The molecule has 0 aromatic rings. The first-order chi connectivity index (χ1) is 9.99. The summed E-state index contributed by atoms with van der Waals surface area (Å²) in [5.41, 5.74) is 0.976. The minimum absolute atomic E-state index is 0.0924. The van der Waals surface area contributed by atoms with Gasteiger partial charge in [0.1, 0.15) is 0 Å². The number of rotatable bonds is 14. The third-order valence-electron chi connectivity index (χ3n) is 2.54. The fourth-order valence-corrected chi connectivity index (χ4v) is 4.66. The van der Waals surface area contributed by atoms with E-state index in [0.717, 1.165) is 5.57 Å². The summed E-state index contributed by atoms with van der Waals surface area (Å²) in [4.78, 5) is 0. The first-order valence-corrected chi connectivity index (χ1v) is 9.28. The Kier molecular flexibility index (Phi) is 12.1. The van der Waals surface area contributed by atoms with E-state index in [-0.39, 0.29) is 32.3 Å². The Labute approximate surface area is 129 Å². The van der Waals surface area contributed by atoms with Crippen LogP contribution in [-0.2, 0) is 18.0 Å². The van der Waals surface area contributed by atoms with E-state index in [1.807, 2.05) is 20.8 Å². The van der Waals surface area contributed by atoms with Crippen molar-refractivity contribution in [3.8, 4) is 0 Å². The molecule has 21 heavy (non-hydrogen) atoms. The molecule has 0 aliphatic heterocycles. The maximum Gasteiger partial charge on any atom is 0.501 e. The third-order valence-corrected chi connectivity index (χ3v) is 5.75. The van der Waals surface area contributed by atoms with Gasteiger partial charge in [-0.15, -0.1) is 0 Å². The summed E-state index contributed by atoms with van der Waals surface area (Å²) in [7, 11) is -2.90. The first-order valence-electron chi connectivity index (χ1n) is 7.35. The predicted molar refractivity (Wildman–Crippen MR) is 83.1 cm³/mol. The zero-order chi connectivity index (χ0) is 16.1. The van der Waals surface area contributed by atoms with Crippen molar-refractivity contribution in [1.82, 2.24) is 0 Å². The molecule has 6 nitrogen and oxygen atoms in total.